The zero-order valence-electron chi connectivity index (χ0n) is 22.7. The minimum absolute atomic E-state index is 0.247. The third kappa shape index (κ3) is 4.72. The Kier molecular flexibility index (Phi) is 6.48. The Balaban J connectivity index is 1.50. The van der Waals surface area contributed by atoms with Crippen LogP contribution in [0.25, 0.3) is 54.7 Å². The number of unbranched alkanes of at least 4 members (excludes halogenated alkanes) is 1. The van der Waals surface area contributed by atoms with Crippen molar-refractivity contribution < 1.29 is 13.0 Å². The molecular formula is C33H34N2O3S. The summed E-state index contributed by atoms with van der Waals surface area (Å²) in [6, 6.07) is 26.6. The van der Waals surface area contributed by atoms with Gasteiger partial charge in [-0.05, 0) is 86.3 Å². The molecule has 0 radical (unpaired) electrons. The van der Waals surface area contributed by atoms with Crippen LogP contribution in [-0.2, 0) is 23.2 Å². The third-order valence-corrected chi connectivity index (χ3v) is 8.70. The van der Waals surface area contributed by atoms with Crippen molar-refractivity contribution in [2.24, 2.45) is 0 Å². The Morgan fingerprint density at radius 1 is 0.615 bits per heavy atom. The van der Waals surface area contributed by atoms with E-state index in [2.05, 4.69) is 103 Å². The van der Waals surface area contributed by atoms with Gasteiger partial charge >= 0.3 is 0 Å². The van der Waals surface area contributed by atoms with E-state index in [-0.39, 0.29) is 5.75 Å². The van der Waals surface area contributed by atoms with Crippen LogP contribution in [-0.4, -0.2) is 27.9 Å². The first kappa shape index (κ1) is 25.7. The Bertz CT molecular complexity index is 1980. The lowest BCUT2D eigenvalue weighted by atomic mass is 10.00. The van der Waals surface area contributed by atoms with Gasteiger partial charge in [0.1, 0.15) is 0 Å². The first-order valence-corrected chi connectivity index (χ1v) is 15.3. The Labute approximate surface area is 229 Å². The van der Waals surface area contributed by atoms with Gasteiger partial charge in [0, 0.05) is 56.7 Å². The summed E-state index contributed by atoms with van der Waals surface area (Å²) in [5, 5.41) is 4.90. The van der Waals surface area contributed by atoms with Crippen LogP contribution in [0.4, 0.5) is 0 Å². The van der Waals surface area contributed by atoms with Crippen LogP contribution in [0.1, 0.15) is 37.3 Å². The number of rotatable bonds is 8. The molecule has 6 heteroatoms. The molecular weight excluding hydrogens is 504 g/mol. The standard InChI is InChI=1S/C33H34N2O3S/c1-4-5-15-34-30-11-7-22(2)18-26(30)28-20-24(9-13-32(28)34)25-10-14-33-29(21-25)27-19-23(3)8-12-31(27)35(33)16-6-17-39(36,37)38/h7-14,18-21H,4-6,15-17H2,1-3H3,(H,36,37,38). The van der Waals surface area contributed by atoms with Crippen molar-refractivity contribution in [2.75, 3.05) is 5.75 Å². The molecule has 0 unspecified atom stereocenters. The van der Waals surface area contributed by atoms with E-state index in [0.717, 1.165) is 46.8 Å². The summed E-state index contributed by atoms with van der Waals surface area (Å²) >= 11 is 0. The van der Waals surface area contributed by atoms with E-state index >= 15 is 0 Å². The molecule has 0 bridgehead atoms. The summed E-state index contributed by atoms with van der Waals surface area (Å²) in [6.07, 6.45) is 2.67. The first-order chi connectivity index (χ1) is 18.7. The van der Waals surface area contributed by atoms with Crippen LogP contribution < -0.4 is 0 Å². The molecule has 2 heterocycles. The van der Waals surface area contributed by atoms with Crippen molar-refractivity contribution in [3.63, 3.8) is 0 Å². The molecule has 0 aliphatic rings. The minimum atomic E-state index is -3.99. The quantitative estimate of drug-likeness (QED) is 0.198. The molecule has 200 valence electrons. The average molecular weight is 539 g/mol. The molecule has 0 aliphatic carbocycles. The highest BCUT2D eigenvalue weighted by Gasteiger charge is 2.15. The van der Waals surface area contributed by atoms with Gasteiger partial charge in [0.15, 0.2) is 0 Å². The van der Waals surface area contributed by atoms with Crippen molar-refractivity contribution in [1.82, 2.24) is 9.13 Å². The van der Waals surface area contributed by atoms with Gasteiger partial charge in [-0.1, -0.05) is 48.7 Å². The molecule has 0 aliphatic heterocycles. The predicted octanol–water partition coefficient (Wildman–Crippen LogP) is 8.26. The highest BCUT2D eigenvalue weighted by atomic mass is 32.2. The van der Waals surface area contributed by atoms with Crippen molar-refractivity contribution >= 4 is 53.7 Å². The highest BCUT2D eigenvalue weighted by Crippen LogP contribution is 2.37. The lowest BCUT2D eigenvalue weighted by molar-refractivity contribution is 0.479. The summed E-state index contributed by atoms with van der Waals surface area (Å²) in [4.78, 5) is 0. The fraction of sp³-hybridized carbons (Fsp3) is 0.273. The number of fused-ring (bicyclic) bond motifs is 6. The molecule has 39 heavy (non-hydrogen) atoms. The summed E-state index contributed by atoms with van der Waals surface area (Å²) < 4.78 is 36.5. The molecule has 5 nitrogen and oxygen atoms in total. The zero-order valence-corrected chi connectivity index (χ0v) is 23.6. The maximum atomic E-state index is 11.3. The van der Waals surface area contributed by atoms with E-state index in [1.807, 2.05) is 0 Å². The molecule has 0 saturated carbocycles. The van der Waals surface area contributed by atoms with Crippen molar-refractivity contribution in [3.05, 3.63) is 83.9 Å². The van der Waals surface area contributed by atoms with Gasteiger partial charge in [-0.25, -0.2) is 0 Å². The smallest absolute Gasteiger partial charge is 0.264 e. The van der Waals surface area contributed by atoms with Crippen LogP contribution in [0.5, 0.6) is 0 Å². The molecule has 0 atom stereocenters. The minimum Gasteiger partial charge on any atom is -0.340 e. The third-order valence-electron chi connectivity index (χ3n) is 7.89. The Morgan fingerprint density at radius 3 is 1.46 bits per heavy atom. The molecule has 2 aromatic heterocycles. The maximum absolute atomic E-state index is 11.3. The van der Waals surface area contributed by atoms with E-state index < -0.39 is 10.1 Å². The fourth-order valence-electron chi connectivity index (χ4n) is 6.00. The van der Waals surface area contributed by atoms with Gasteiger partial charge in [0.05, 0.1) is 5.75 Å². The van der Waals surface area contributed by atoms with Crippen molar-refractivity contribution in [1.29, 1.82) is 0 Å². The normalized spacial score (nSPS) is 12.4. The SMILES string of the molecule is CCCCn1c2ccc(C)cc2c2cc(-c3ccc4c(c3)c3cc(C)ccc3n4CCCS(=O)(=O)O)ccc21. The zero-order chi connectivity index (χ0) is 27.3. The second-order valence-electron chi connectivity index (χ2n) is 10.8. The topological polar surface area (TPSA) is 64.2 Å². The molecule has 1 N–H and O–H groups in total. The van der Waals surface area contributed by atoms with E-state index in [1.54, 1.807) is 0 Å². The van der Waals surface area contributed by atoms with Gasteiger partial charge in [-0.15, -0.1) is 0 Å². The molecule has 0 spiro atoms. The number of hydrogen-bond donors (Lipinski definition) is 1. The van der Waals surface area contributed by atoms with E-state index in [0.29, 0.717) is 13.0 Å². The van der Waals surface area contributed by atoms with E-state index in [1.165, 1.54) is 38.5 Å². The Morgan fingerprint density at radius 2 is 1.03 bits per heavy atom. The van der Waals surface area contributed by atoms with Crippen LogP contribution in [0, 0.1) is 13.8 Å². The monoisotopic (exact) mass is 538 g/mol. The summed E-state index contributed by atoms with van der Waals surface area (Å²) in [6.45, 7) is 8.01. The predicted molar refractivity (Wildman–Crippen MR) is 163 cm³/mol. The number of nitrogens with zero attached hydrogens (tertiary/aromatic N) is 2. The fourth-order valence-corrected chi connectivity index (χ4v) is 6.49. The van der Waals surface area contributed by atoms with Crippen LogP contribution >= 0.6 is 0 Å². The van der Waals surface area contributed by atoms with Crippen LogP contribution in [0.3, 0.4) is 0 Å². The maximum Gasteiger partial charge on any atom is 0.264 e. The first-order valence-electron chi connectivity index (χ1n) is 13.7. The van der Waals surface area contributed by atoms with Gasteiger partial charge in [0.25, 0.3) is 10.1 Å². The lowest BCUT2D eigenvalue weighted by Gasteiger charge is -2.09. The second-order valence-corrected chi connectivity index (χ2v) is 12.4. The summed E-state index contributed by atoms with van der Waals surface area (Å²) in [7, 11) is -3.99. The van der Waals surface area contributed by atoms with Gasteiger partial charge in [-0.2, -0.15) is 8.42 Å². The molecule has 0 amide bonds. The highest BCUT2D eigenvalue weighted by molar-refractivity contribution is 7.85. The second kappa shape index (κ2) is 9.85. The van der Waals surface area contributed by atoms with Gasteiger partial charge in [0.2, 0.25) is 0 Å². The van der Waals surface area contributed by atoms with Crippen molar-refractivity contribution in [3.8, 4) is 11.1 Å². The largest absolute Gasteiger partial charge is 0.340 e. The molecule has 6 rings (SSSR count). The lowest BCUT2D eigenvalue weighted by Crippen LogP contribution is -2.07. The van der Waals surface area contributed by atoms with Crippen molar-refractivity contribution in [2.45, 2.75) is 53.1 Å². The van der Waals surface area contributed by atoms with Gasteiger partial charge < -0.3 is 9.13 Å². The Hall–Kier alpha value is -3.61. The van der Waals surface area contributed by atoms with Crippen LogP contribution in [0.2, 0.25) is 0 Å². The van der Waals surface area contributed by atoms with Crippen LogP contribution in [0.15, 0.2) is 72.8 Å². The summed E-state index contributed by atoms with van der Waals surface area (Å²) in [5.41, 5.74) is 9.50. The number of benzene rings is 4. The van der Waals surface area contributed by atoms with Gasteiger partial charge in [-0.3, -0.25) is 4.55 Å². The average Bonchev–Trinajstić information content (AvgIpc) is 3.37. The number of hydrogen-bond acceptors (Lipinski definition) is 2. The molecule has 0 saturated heterocycles. The number of aromatic nitrogens is 2. The van der Waals surface area contributed by atoms with E-state index in [9.17, 15) is 13.0 Å². The molecule has 4 aromatic carbocycles. The van der Waals surface area contributed by atoms with E-state index in [4.69, 9.17) is 0 Å². The molecule has 0 fully saturated rings. The summed E-state index contributed by atoms with van der Waals surface area (Å²) in [5.74, 6) is -0.247. The molecule has 6 aromatic rings. The number of aryl methyl sites for hydroxylation is 4.